The molecule has 0 aliphatic heterocycles. The fraction of sp³-hybridized carbons (Fsp3) is 0.167. The smallest absolute Gasteiger partial charge is 0.213 e. The maximum absolute atomic E-state index is 9.31. The van der Waals surface area contributed by atoms with Crippen LogP contribution in [0, 0.1) is 6.92 Å². The predicted octanol–water partition coefficient (Wildman–Crippen LogP) is 2.91. The van der Waals surface area contributed by atoms with Crippen LogP contribution in [0.25, 0.3) is 15.5 Å². The number of aliphatic hydroxyl groups excluding tert-OH is 1. The minimum Gasteiger partial charge on any atom is -0.390 e. The first kappa shape index (κ1) is 11.6. The molecule has 0 spiro atoms. The second-order valence-electron chi connectivity index (χ2n) is 3.91. The Balaban J connectivity index is 2.14. The first-order valence-electron chi connectivity index (χ1n) is 5.41. The van der Waals surface area contributed by atoms with E-state index in [1.807, 2.05) is 31.2 Å². The highest BCUT2D eigenvalue weighted by atomic mass is 35.5. The lowest BCUT2D eigenvalue weighted by molar-refractivity contribution is 0.273. The Bertz CT molecular complexity index is 702. The quantitative estimate of drug-likeness (QED) is 0.785. The molecule has 0 bridgehead atoms. The third kappa shape index (κ3) is 1.80. The van der Waals surface area contributed by atoms with Crippen molar-refractivity contribution in [3.63, 3.8) is 0 Å². The highest BCUT2D eigenvalue weighted by Crippen LogP contribution is 2.27. The van der Waals surface area contributed by atoms with Gasteiger partial charge in [0.1, 0.15) is 5.01 Å². The molecule has 0 saturated carbocycles. The average Bonchev–Trinajstić information content (AvgIpc) is 2.86. The number of nitrogens with zero attached hydrogens (tertiary/aromatic N) is 3. The molecule has 3 aromatic rings. The van der Waals surface area contributed by atoms with Gasteiger partial charge in [-0.2, -0.15) is 5.10 Å². The van der Waals surface area contributed by atoms with Crippen LogP contribution in [0.15, 0.2) is 24.3 Å². The van der Waals surface area contributed by atoms with Crippen LogP contribution in [0.3, 0.4) is 0 Å². The predicted molar refractivity (Wildman–Crippen MR) is 72.0 cm³/mol. The third-order valence-corrected chi connectivity index (χ3v) is 3.95. The first-order valence-corrected chi connectivity index (χ1v) is 6.60. The summed E-state index contributed by atoms with van der Waals surface area (Å²) in [5, 5.41) is 15.3. The Morgan fingerprint density at radius 3 is 2.72 bits per heavy atom. The van der Waals surface area contributed by atoms with Crippen LogP contribution in [-0.2, 0) is 6.61 Å². The van der Waals surface area contributed by atoms with Crippen molar-refractivity contribution in [3.8, 4) is 10.6 Å². The molecule has 0 amide bonds. The number of benzene rings is 1. The van der Waals surface area contributed by atoms with Gasteiger partial charge in [0.2, 0.25) is 4.96 Å². The van der Waals surface area contributed by atoms with E-state index in [-0.39, 0.29) is 6.61 Å². The summed E-state index contributed by atoms with van der Waals surface area (Å²) < 4.78 is 1.70. The van der Waals surface area contributed by atoms with E-state index in [0.29, 0.717) is 5.02 Å². The zero-order valence-electron chi connectivity index (χ0n) is 9.59. The average molecular weight is 280 g/mol. The largest absolute Gasteiger partial charge is 0.390 e. The molecule has 0 aliphatic carbocycles. The maximum Gasteiger partial charge on any atom is 0.213 e. The molecule has 0 fully saturated rings. The van der Waals surface area contributed by atoms with Crippen molar-refractivity contribution in [1.82, 2.24) is 14.6 Å². The molecule has 4 nitrogen and oxygen atoms in total. The van der Waals surface area contributed by atoms with Gasteiger partial charge in [0.25, 0.3) is 0 Å². The van der Waals surface area contributed by atoms with Crippen LogP contribution in [0.4, 0.5) is 0 Å². The number of halogens is 1. The Hall–Kier alpha value is -1.43. The van der Waals surface area contributed by atoms with E-state index in [2.05, 4.69) is 10.1 Å². The molecule has 2 heterocycles. The molecular weight excluding hydrogens is 270 g/mol. The molecule has 0 atom stereocenters. The fourth-order valence-electron chi connectivity index (χ4n) is 1.78. The number of imidazole rings is 1. The number of hydrogen-bond donors (Lipinski definition) is 1. The van der Waals surface area contributed by atoms with Gasteiger partial charge in [0.15, 0.2) is 0 Å². The lowest BCUT2D eigenvalue weighted by atomic mass is 10.2. The second kappa shape index (κ2) is 4.35. The molecule has 0 aliphatic rings. The molecule has 6 heteroatoms. The molecule has 18 heavy (non-hydrogen) atoms. The highest BCUT2D eigenvalue weighted by molar-refractivity contribution is 7.19. The SMILES string of the molecule is Cc1nc2sc(-c3ccc(Cl)cc3)nn2c1CO. The number of aliphatic hydroxyl groups is 1. The Morgan fingerprint density at radius 1 is 1.33 bits per heavy atom. The second-order valence-corrected chi connectivity index (χ2v) is 5.30. The summed E-state index contributed by atoms with van der Waals surface area (Å²) in [4.78, 5) is 5.17. The van der Waals surface area contributed by atoms with E-state index in [1.54, 1.807) is 4.52 Å². The van der Waals surface area contributed by atoms with E-state index < -0.39 is 0 Å². The Labute approximate surface area is 112 Å². The van der Waals surface area contributed by atoms with Gasteiger partial charge in [-0.1, -0.05) is 35.1 Å². The molecule has 2 aromatic heterocycles. The molecule has 3 rings (SSSR count). The molecular formula is C12H10ClN3OS. The fourth-order valence-corrected chi connectivity index (χ4v) is 2.88. The monoisotopic (exact) mass is 279 g/mol. The van der Waals surface area contributed by atoms with E-state index in [4.69, 9.17) is 11.6 Å². The van der Waals surface area contributed by atoms with Crippen molar-refractivity contribution in [2.75, 3.05) is 0 Å². The molecule has 92 valence electrons. The zero-order valence-corrected chi connectivity index (χ0v) is 11.2. The van der Waals surface area contributed by atoms with Gasteiger partial charge in [-0.05, 0) is 19.1 Å². The van der Waals surface area contributed by atoms with Crippen molar-refractivity contribution in [2.45, 2.75) is 13.5 Å². The molecule has 1 N–H and O–H groups in total. The van der Waals surface area contributed by atoms with Gasteiger partial charge >= 0.3 is 0 Å². The first-order chi connectivity index (χ1) is 8.69. The summed E-state index contributed by atoms with van der Waals surface area (Å²) in [5.41, 5.74) is 2.55. The van der Waals surface area contributed by atoms with Gasteiger partial charge in [0, 0.05) is 10.6 Å². The van der Waals surface area contributed by atoms with Gasteiger partial charge < -0.3 is 5.11 Å². The van der Waals surface area contributed by atoms with Crippen LogP contribution in [-0.4, -0.2) is 19.7 Å². The van der Waals surface area contributed by atoms with Crippen LogP contribution in [0.5, 0.6) is 0 Å². The van der Waals surface area contributed by atoms with Gasteiger partial charge in [-0.15, -0.1) is 0 Å². The molecule has 0 radical (unpaired) electrons. The lowest BCUT2D eigenvalue weighted by Crippen LogP contribution is -1.95. The molecule has 1 aromatic carbocycles. The maximum atomic E-state index is 9.31. The standard InChI is InChI=1S/C12H10ClN3OS/c1-7-10(6-17)16-12(14-7)18-11(15-16)8-2-4-9(13)5-3-8/h2-5,17H,6H2,1H3. The summed E-state index contributed by atoms with van der Waals surface area (Å²) in [6, 6.07) is 7.51. The van der Waals surface area contributed by atoms with Crippen LogP contribution in [0.1, 0.15) is 11.4 Å². The van der Waals surface area contributed by atoms with Crippen molar-refractivity contribution in [2.24, 2.45) is 0 Å². The minimum atomic E-state index is -0.0587. The number of aromatic nitrogens is 3. The Morgan fingerprint density at radius 2 is 2.06 bits per heavy atom. The van der Waals surface area contributed by atoms with Crippen molar-refractivity contribution < 1.29 is 5.11 Å². The van der Waals surface area contributed by atoms with E-state index in [1.165, 1.54) is 11.3 Å². The lowest BCUT2D eigenvalue weighted by Gasteiger charge is -1.96. The zero-order chi connectivity index (χ0) is 12.7. The van der Waals surface area contributed by atoms with Crippen molar-refractivity contribution in [1.29, 1.82) is 0 Å². The third-order valence-electron chi connectivity index (χ3n) is 2.74. The van der Waals surface area contributed by atoms with Crippen LogP contribution < -0.4 is 0 Å². The van der Waals surface area contributed by atoms with E-state index in [9.17, 15) is 5.11 Å². The normalized spacial score (nSPS) is 11.3. The minimum absolute atomic E-state index is 0.0587. The van der Waals surface area contributed by atoms with E-state index >= 15 is 0 Å². The molecule has 0 unspecified atom stereocenters. The van der Waals surface area contributed by atoms with Crippen LogP contribution >= 0.6 is 22.9 Å². The number of hydrogen-bond acceptors (Lipinski definition) is 4. The number of rotatable bonds is 2. The van der Waals surface area contributed by atoms with E-state index in [0.717, 1.165) is 26.9 Å². The van der Waals surface area contributed by atoms with Gasteiger partial charge in [0.05, 0.1) is 18.0 Å². The molecule has 0 saturated heterocycles. The number of fused-ring (bicyclic) bond motifs is 1. The summed E-state index contributed by atoms with van der Waals surface area (Å²) in [6.07, 6.45) is 0. The Kier molecular flexibility index (Phi) is 2.81. The summed E-state index contributed by atoms with van der Waals surface area (Å²) in [5.74, 6) is 0. The van der Waals surface area contributed by atoms with Gasteiger partial charge in [-0.25, -0.2) is 9.50 Å². The highest BCUT2D eigenvalue weighted by Gasteiger charge is 2.13. The van der Waals surface area contributed by atoms with Crippen molar-refractivity contribution in [3.05, 3.63) is 40.7 Å². The summed E-state index contributed by atoms with van der Waals surface area (Å²) in [7, 11) is 0. The summed E-state index contributed by atoms with van der Waals surface area (Å²) in [6.45, 7) is 1.81. The summed E-state index contributed by atoms with van der Waals surface area (Å²) >= 11 is 7.35. The van der Waals surface area contributed by atoms with Crippen LogP contribution in [0.2, 0.25) is 5.02 Å². The van der Waals surface area contributed by atoms with Gasteiger partial charge in [-0.3, -0.25) is 0 Å². The van der Waals surface area contributed by atoms with Crippen molar-refractivity contribution >= 4 is 27.9 Å². The topological polar surface area (TPSA) is 50.4 Å². The number of aryl methyl sites for hydroxylation is 1.